The predicted octanol–water partition coefficient (Wildman–Crippen LogP) is 2.49. The summed E-state index contributed by atoms with van der Waals surface area (Å²) in [6.45, 7) is 5.27. The van der Waals surface area contributed by atoms with Crippen LogP contribution in [0.2, 0.25) is 0 Å². The molecule has 0 aliphatic heterocycles. The third-order valence-electron chi connectivity index (χ3n) is 3.10. The minimum Gasteiger partial charge on any atom is -0.444 e. The first kappa shape index (κ1) is 14.7. The van der Waals surface area contributed by atoms with Gasteiger partial charge in [0.25, 0.3) is 0 Å². The summed E-state index contributed by atoms with van der Waals surface area (Å²) in [6.07, 6.45) is 3.47. The van der Waals surface area contributed by atoms with Crippen molar-refractivity contribution in [1.29, 1.82) is 0 Å². The molecule has 1 aliphatic rings. The summed E-state index contributed by atoms with van der Waals surface area (Å²) >= 11 is 0. The fourth-order valence-electron chi connectivity index (χ4n) is 2.31. The van der Waals surface area contributed by atoms with E-state index in [0.29, 0.717) is 6.42 Å². The van der Waals surface area contributed by atoms with E-state index in [9.17, 15) is 14.9 Å². The molecule has 0 aromatic heterocycles. The third kappa shape index (κ3) is 4.89. The van der Waals surface area contributed by atoms with E-state index < -0.39 is 17.2 Å². The van der Waals surface area contributed by atoms with E-state index in [1.807, 2.05) is 0 Å². The molecule has 0 aromatic carbocycles. The van der Waals surface area contributed by atoms with E-state index in [1.54, 1.807) is 20.8 Å². The Hall–Kier alpha value is -1.33. The van der Waals surface area contributed by atoms with Crippen LogP contribution < -0.4 is 5.32 Å². The Morgan fingerprint density at radius 1 is 1.39 bits per heavy atom. The monoisotopic (exact) mass is 258 g/mol. The highest BCUT2D eigenvalue weighted by atomic mass is 16.6. The van der Waals surface area contributed by atoms with E-state index >= 15 is 0 Å². The van der Waals surface area contributed by atoms with Crippen molar-refractivity contribution in [2.75, 3.05) is 6.54 Å². The van der Waals surface area contributed by atoms with Gasteiger partial charge in [-0.1, -0.05) is 12.8 Å². The molecule has 1 amide bonds. The lowest BCUT2D eigenvalue weighted by Crippen LogP contribution is -2.49. The normalized spacial score (nSPS) is 18.4. The molecule has 0 heterocycles. The number of ether oxygens (including phenoxy) is 1. The SMILES string of the molecule is CC(C)(C)OC(=O)NC1(CC[N+](=O)[O-])CCCC1. The molecule has 1 rings (SSSR count). The number of nitro groups is 1. The second-order valence-electron chi connectivity index (χ2n) is 5.92. The minimum atomic E-state index is -0.549. The lowest BCUT2D eigenvalue weighted by atomic mass is 9.93. The number of amides is 1. The molecular weight excluding hydrogens is 236 g/mol. The van der Waals surface area contributed by atoms with Gasteiger partial charge in [0.2, 0.25) is 6.54 Å². The molecule has 0 radical (unpaired) electrons. The largest absolute Gasteiger partial charge is 0.444 e. The van der Waals surface area contributed by atoms with Gasteiger partial charge in [-0.3, -0.25) is 10.1 Å². The minimum absolute atomic E-state index is 0.115. The molecule has 18 heavy (non-hydrogen) atoms. The van der Waals surface area contributed by atoms with Gasteiger partial charge in [0.1, 0.15) is 5.60 Å². The van der Waals surface area contributed by atoms with Crippen molar-refractivity contribution < 1.29 is 14.5 Å². The van der Waals surface area contributed by atoms with E-state index in [1.165, 1.54) is 0 Å². The van der Waals surface area contributed by atoms with Gasteiger partial charge in [-0.15, -0.1) is 0 Å². The van der Waals surface area contributed by atoms with Gasteiger partial charge < -0.3 is 10.1 Å². The third-order valence-corrected chi connectivity index (χ3v) is 3.10. The second kappa shape index (κ2) is 5.54. The molecule has 1 saturated carbocycles. The van der Waals surface area contributed by atoms with E-state index in [4.69, 9.17) is 4.74 Å². The summed E-state index contributed by atoms with van der Waals surface area (Å²) < 4.78 is 5.21. The van der Waals surface area contributed by atoms with Gasteiger partial charge >= 0.3 is 6.09 Å². The van der Waals surface area contributed by atoms with Crippen molar-refractivity contribution in [3.63, 3.8) is 0 Å². The number of rotatable bonds is 4. The maximum absolute atomic E-state index is 11.8. The van der Waals surface area contributed by atoms with Gasteiger partial charge in [-0.25, -0.2) is 4.79 Å². The highest BCUT2D eigenvalue weighted by molar-refractivity contribution is 5.68. The number of carbonyl (C=O) groups excluding carboxylic acids is 1. The molecule has 6 heteroatoms. The molecular formula is C12H22N2O4. The number of alkyl carbamates (subject to hydrolysis) is 1. The maximum atomic E-state index is 11.8. The van der Waals surface area contributed by atoms with Crippen molar-refractivity contribution in [2.24, 2.45) is 0 Å². The molecule has 1 N–H and O–H groups in total. The van der Waals surface area contributed by atoms with Gasteiger partial charge in [0, 0.05) is 16.9 Å². The molecule has 0 unspecified atom stereocenters. The average molecular weight is 258 g/mol. The van der Waals surface area contributed by atoms with Crippen LogP contribution in [0.15, 0.2) is 0 Å². The Kier molecular flexibility index (Phi) is 4.53. The van der Waals surface area contributed by atoms with Crippen LogP contribution >= 0.6 is 0 Å². The summed E-state index contributed by atoms with van der Waals surface area (Å²) in [5, 5.41) is 13.3. The van der Waals surface area contributed by atoms with Gasteiger partial charge in [0.05, 0.1) is 0 Å². The van der Waals surface area contributed by atoms with Gasteiger partial charge in [-0.2, -0.15) is 0 Å². The Bertz CT molecular complexity index is 317. The number of hydrogen-bond donors (Lipinski definition) is 1. The highest BCUT2D eigenvalue weighted by Crippen LogP contribution is 2.32. The summed E-state index contributed by atoms with van der Waals surface area (Å²) in [5.41, 5.74) is -0.998. The molecule has 0 saturated heterocycles. The Balaban J connectivity index is 2.57. The zero-order chi connectivity index (χ0) is 13.8. The van der Waals surface area contributed by atoms with Crippen LogP contribution in [-0.4, -0.2) is 28.7 Å². The second-order valence-corrected chi connectivity index (χ2v) is 5.92. The molecule has 0 aromatic rings. The summed E-state index contributed by atoms with van der Waals surface area (Å²) in [5.74, 6) is 0. The van der Waals surface area contributed by atoms with Crippen molar-refractivity contribution in [3.8, 4) is 0 Å². The molecule has 0 spiro atoms. The fraction of sp³-hybridized carbons (Fsp3) is 0.917. The Morgan fingerprint density at radius 3 is 2.39 bits per heavy atom. The highest BCUT2D eigenvalue weighted by Gasteiger charge is 2.37. The first-order valence-electron chi connectivity index (χ1n) is 6.35. The van der Waals surface area contributed by atoms with E-state index in [-0.39, 0.29) is 11.5 Å². The summed E-state index contributed by atoms with van der Waals surface area (Å²) in [7, 11) is 0. The van der Waals surface area contributed by atoms with Crippen molar-refractivity contribution >= 4 is 6.09 Å². The lowest BCUT2D eigenvalue weighted by Gasteiger charge is -2.30. The van der Waals surface area contributed by atoms with Crippen molar-refractivity contribution in [1.82, 2.24) is 5.32 Å². The molecule has 6 nitrogen and oxygen atoms in total. The maximum Gasteiger partial charge on any atom is 0.408 e. The van der Waals surface area contributed by atoms with Crippen molar-refractivity contribution in [2.45, 2.75) is 64.0 Å². The lowest BCUT2D eigenvalue weighted by molar-refractivity contribution is -0.482. The molecule has 0 bridgehead atoms. The number of hydrogen-bond acceptors (Lipinski definition) is 4. The smallest absolute Gasteiger partial charge is 0.408 e. The van der Waals surface area contributed by atoms with Crippen LogP contribution in [0.25, 0.3) is 0 Å². The standard InChI is InChI=1S/C12H22N2O4/c1-11(2,3)18-10(15)13-12(6-4-5-7-12)8-9-14(16)17/h4-9H2,1-3H3,(H,13,15). The molecule has 1 fully saturated rings. The van der Waals surface area contributed by atoms with E-state index in [2.05, 4.69) is 5.32 Å². The van der Waals surface area contributed by atoms with Gasteiger partial charge in [0.15, 0.2) is 0 Å². The first-order valence-corrected chi connectivity index (χ1v) is 6.35. The van der Waals surface area contributed by atoms with E-state index in [0.717, 1.165) is 25.7 Å². The fourth-order valence-corrected chi connectivity index (χ4v) is 2.31. The molecule has 1 aliphatic carbocycles. The average Bonchev–Trinajstić information content (AvgIpc) is 2.61. The quantitative estimate of drug-likeness (QED) is 0.620. The van der Waals surface area contributed by atoms with Crippen LogP contribution in [0.3, 0.4) is 0 Å². The number of carbonyl (C=O) groups is 1. The molecule has 0 atom stereocenters. The summed E-state index contributed by atoms with van der Waals surface area (Å²) in [4.78, 5) is 21.9. The summed E-state index contributed by atoms with van der Waals surface area (Å²) in [6, 6.07) is 0. The van der Waals surface area contributed by atoms with Crippen LogP contribution in [0, 0.1) is 10.1 Å². The van der Waals surface area contributed by atoms with Crippen molar-refractivity contribution in [3.05, 3.63) is 10.1 Å². The van der Waals surface area contributed by atoms with Crippen LogP contribution in [0.4, 0.5) is 4.79 Å². The Labute approximate surface area is 107 Å². The van der Waals surface area contributed by atoms with Crippen LogP contribution in [0.1, 0.15) is 52.9 Å². The molecule has 104 valence electrons. The van der Waals surface area contributed by atoms with Crippen LogP contribution in [-0.2, 0) is 4.74 Å². The zero-order valence-electron chi connectivity index (χ0n) is 11.3. The number of nitrogens with one attached hydrogen (secondary N) is 1. The Morgan fingerprint density at radius 2 is 1.94 bits per heavy atom. The van der Waals surface area contributed by atoms with Gasteiger partial charge in [-0.05, 0) is 33.6 Å². The number of nitrogens with zero attached hydrogens (tertiary/aromatic N) is 1. The zero-order valence-corrected chi connectivity index (χ0v) is 11.3. The van der Waals surface area contributed by atoms with Crippen LogP contribution in [0.5, 0.6) is 0 Å². The first-order chi connectivity index (χ1) is 8.22. The predicted molar refractivity (Wildman–Crippen MR) is 67.0 cm³/mol. The topological polar surface area (TPSA) is 81.5 Å².